The first-order valence-corrected chi connectivity index (χ1v) is 4.60. The van der Waals surface area contributed by atoms with Crippen molar-refractivity contribution in [2.75, 3.05) is 11.9 Å². The molecule has 0 radical (unpaired) electrons. The lowest BCUT2D eigenvalue weighted by Crippen LogP contribution is -2.51. The molecule has 0 saturated heterocycles. The summed E-state index contributed by atoms with van der Waals surface area (Å²) in [6.07, 6.45) is 6.97. The molecule has 1 heterocycles. The Balaban J connectivity index is 2.05. The summed E-state index contributed by atoms with van der Waals surface area (Å²) in [6, 6.07) is 1.81. The molecular weight excluding hydrogens is 164 g/mol. The number of rotatable bonds is 3. The van der Waals surface area contributed by atoms with Crippen molar-refractivity contribution in [3.8, 4) is 0 Å². The highest BCUT2D eigenvalue weighted by Crippen LogP contribution is 2.33. The van der Waals surface area contributed by atoms with Gasteiger partial charge in [-0.1, -0.05) is 0 Å². The normalized spacial score (nSPS) is 19.2. The van der Waals surface area contributed by atoms with E-state index in [2.05, 4.69) is 15.3 Å². The summed E-state index contributed by atoms with van der Waals surface area (Å²) in [7, 11) is 0. The number of nitrogens with one attached hydrogen (secondary N) is 1. The first kappa shape index (κ1) is 8.44. The Morgan fingerprint density at radius 1 is 1.38 bits per heavy atom. The van der Waals surface area contributed by atoms with Gasteiger partial charge < -0.3 is 11.1 Å². The van der Waals surface area contributed by atoms with E-state index in [0.29, 0.717) is 12.5 Å². The van der Waals surface area contributed by atoms with Crippen molar-refractivity contribution in [1.29, 1.82) is 0 Å². The quantitative estimate of drug-likeness (QED) is 0.717. The van der Waals surface area contributed by atoms with Crippen molar-refractivity contribution in [3.63, 3.8) is 0 Å². The van der Waals surface area contributed by atoms with Gasteiger partial charge in [0.1, 0.15) is 0 Å². The lowest BCUT2D eigenvalue weighted by molar-refractivity contribution is 0.285. The van der Waals surface area contributed by atoms with Gasteiger partial charge >= 0.3 is 0 Å². The molecule has 3 N–H and O–H groups in total. The zero-order chi connectivity index (χ0) is 9.15. The van der Waals surface area contributed by atoms with E-state index < -0.39 is 0 Å². The summed E-state index contributed by atoms with van der Waals surface area (Å²) >= 11 is 0. The highest BCUT2D eigenvalue weighted by molar-refractivity contribution is 5.30. The molecule has 4 nitrogen and oxygen atoms in total. The predicted octanol–water partition coefficient (Wildman–Crippen LogP) is 0.770. The van der Waals surface area contributed by atoms with Crippen molar-refractivity contribution in [1.82, 2.24) is 9.97 Å². The minimum absolute atomic E-state index is 0.0708. The molecule has 1 aliphatic carbocycles. The fourth-order valence-electron chi connectivity index (χ4n) is 1.58. The Bertz CT molecular complexity index is 263. The standard InChI is InChI=1S/C9H14N4/c10-7-9(3-1-4-9)13-8-11-5-2-6-12-8/h2,5-6H,1,3-4,7,10H2,(H,11,12,13). The molecule has 1 aromatic rings. The minimum atomic E-state index is 0.0708. The Morgan fingerprint density at radius 3 is 2.54 bits per heavy atom. The molecule has 0 unspecified atom stereocenters. The van der Waals surface area contributed by atoms with Crippen molar-refractivity contribution in [2.24, 2.45) is 5.73 Å². The second-order valence-corrected chi connectivity index (χ2v) is 3.54. The number of hydrogen-bond donors (Lipinski definition) is 2. The monoisotopic (exact) mass is 178 g/mol. The molecule has 0 amide bonds. The molecule has 0 spiro atoms. The van der Waals surface area contributed by atoms with Crippen LogP contribution in [-0.4, -0.2) is 22.1 Å². The molecule has 4 heteroatoms. The van der Waals surface area contributed by atoms with Gasteiger partial charge in [-0.15, -0.1) is 0 Å². The van der Waals surface area contributed by atoms with Crippen LogP contribution in [0.2, 0.25) is 0 Å². The summed E-state index contributed by atoms with van der Waals surface area (Å²) in [6.45, 7) is 0.658. The van der Waals surface area contributed by atoms with Gasteiger partial charge in [-0.3, -0.25) is 0 Å². The van der Waals surface area contributed by atoms with Crippen LogP contribution in [0.25, 0.3) is 0 Å². The van der Waals surface area contributed by atoms with Crippen LogP contribution in [-0.2, 0) is 0 Å². The third kappa shape index (κ3) is 1.62. The molecule has 2 rings (SSSR count). The van der Waals surface area contributed by atoms with E-state index in [1.807, 2.05) is 0 Å². The molecule has 0 aromatic carbocycles. The number of nitrogens with zero attached hydrogens (tertiary/aromatic N) is 2. The van der Waals surface area contributed by atoms with Crippen molar-refractivity contribution >= 4 is 5.95 Å². The fraction of sp³-hybridized carbons (Fsp3) is 0.556. The Hall–Kier alpha value is -1.16. The average molecular weight is 178 g/mol. The average Bonchev–Trinajstić information content (AvgIpc) is 2.13. The van der Waals surface area contributed by atoms with Crippen molar-refractivity contribution < 1.29 is 0 Å². The second kappa shape index (κ2) is 3.30. The van der Waals surface area contributed by atoms with Crippen LogP contribution in [0.15, 0.2) is 18.5 Å². The van der Waals surface area contributed by atoms with E-state index in [0.717, 1.165) is 12.8 Å². The number of nitrogens with two attached hydrogens (primary N) is 1. The molecule has 0 atom stereocenters. The zero-order valence-corrected chi connectivity index (χ0v) is 7.53. The minimum Gasteiger partial charge on any atom is -0.348 e. The maximum absolute atomic E-state index is 5.70. The van der Waals surface area contributed by atoms with E-state index in [1.54, 1.807) is 18.5 Å². The smallest absolute Gasteiger partial charge is 0.223 e. The van der Waals surface area contributed by atoms with Crippen LogP contribution in [0.3, 0.4) is 0 Å². The first-order valence-electron chi connectivity index (χ1n) is 4.60. The van der Waals surface area contributed by atoms with Crippen LogP contribution < -0.4 is 11.1 Å². The number of aromatic nitrogens is 2. The van der Waals surface area contributed by atoms with Gasteiger partial charge in [0.25, 0.3) is 0 Å². The summed E-state index contributed by atoms with van der Waals surface area (Å²) in [4.78, 5) is 8.23. The van der Waals surface area contributed by atoms with Gasteiger partial charge in [0, 0.05) is 18.9 Å². The molecule has 13 heavy (non-hydrogen) atoms. The predicted molar refractivity (Wildman–Crippen MR) is 51.3 cm³/mol. The third-order valence-electron chi connectivity index (χ3n) is 2.64. The van der Waals surface area contributed by atoms with Crippen molar-refractivity contribution in [2.45, 2.75) is 24.8 Å². The SMILES string of the molecule is NCC1(Nc2ncccn2)CCC1. The molecule has 1 aliphatic rings. The van der Waals surface area contributed by atoms with Gasteiger partial charge in [0.05, 0.1) is 5.54 Å². The lowest BCUT2D eigenvalue weighted by Gasteiger charge is -2.41. The molecule has 1 saturated carbocycles. The van der Waals surface area contributed by atoms with E-state index in [1.165, 1.54) is 6.42 Å². The van der Waals surface area contributed by atoms with Crippen LogP contribution >= 0.6 is 0 Å². The van der Waals surface area contributed by atoms with Gasteiger partial charge in [0.2, 0.25) is 5.95 Å². The van der Waals surface area contributed by atoms with E-state index >= 15 is 0 Å². The largest absolute Gasteiger partial charge is 0.348 e. The number of anilines is 1. The molecule has 1 fully saturated rings. The Kier molecular flexibility index (Phi) is 2.14. The zero-order valence-electron chi connectivity index (χ0n) is 7.53. The summed E-state index contributed by atoms with van der Waals surface area (Å²) in [5, 5.41) is 3.29. The topological polar surface area (TPSA) is 63.8 Å². The molecular formula is C9H14N4. The fourth-order valence-corrected chi connectivity index (χ4v) is 1.58. The lowest BCUT2D eigenvalue weighted by atomic mass is 9.77. The second-order valence-electron chi connectivity index (χ2n) is 3.54. The highest BCUT2D eigenvalue weighted by Gasteiger charge is 2.35. The van der Waals surface area contributed by atoms with Gasteiger partial charge in [-0.25, -0.2) is 9.97 Å². The summed E-state index contributed by atoms with van der Waals surface area (Å²) in [5.41, 5.74) is 5.77. The van der Waals surface area contributed by atoms with Crippen LogP contribution in [0.5, 0.6) is 0 Å². The van der Waals surface area contributed by atoms with Gasteiger partial charge in [0.15, 0.2) is 0 Å². The van der Waals surface area contributed by atoms with Crippen molar-refractivity contribution in [3.05, 3.63) is 18.5 Å². The third-order valence-corrected chi connectivity index (χ3v) is 2.64. The summed E-state index contributed by atoms with van der Waals surface area (Å²) in [5.74, 6) is 0.688. The van der Waals surface area contributed by atoms with Crippen LogP contribution in [0.4, 0.5) is 5.95 Å². The highest BCUT2D eigenvalue weighted by atomic mass is 15.2. The molecule has 70 valence electrons. The van der Waals surface area contributed by atoms with Crippen LogP contribution in [0, 0.1) is 0 Å². The van der Waals surface area contributed by atoms with E-state index in [4.69, 9.17) is 5.73 Å². The van der Waals surface area contributed by atoms with E-state index in [-0.39, 0.29) is 5.54 Å². The Morgan fingerprint density at radius 2 is 2.08 bits per heavy atom. The molecule has 1 aromatic heterocycles. The van der Waals surface area contributed by atoms with Crippen LogP contribution in [0.1, 0.15) is 19.3 Å². The molecule has 0 aliphatic heterocycles. The Labute approximate surface area is 77.6 Å². The maximum atomic E-state index is 5.70. The molecule has 0 bridgehead atoms. The first-order chi connectivity index (χ1) is 6.35. The van der Waals surface area contributed by atoms with Gasteiger partial charge in [-0.05, 0) is 25.3 Å². The maximum Gasteiger partial charge on any atom is 0.223 e. The summed E-state index contributed by atoms with van der Waals surface area (Å²) < 4.78 is 0. The number of hydrogen-bond acceptors (Lipinski definition) is 4. The van der Waals surface area contributed by atoms with Gasteiger partial charge in [-0.2, -0.15) is 0 Å². The van der Waals surface area contributed by atoms with E-state index in [9.17, 15) is 0 Å².